The maximum absolute atomic E-state index is 12.5. The SMILES string of the molecule is COc1ccccc1N1CCC(CNC(=O)C2(N)CCCCC2)C1.Cl.Cl. The molecule has 1 unspecified atom stereocenters. The second-order valence-corrected chi connectivity index (χ2v) is 7.20. The van der Waals surface area contributed by atoms with Crippen molar-refractivity contribution in [1.29, 1.82) is 0 Å². The topological polar surface area (TPSA) is 67.6 Å². The Bertz CT molecular complexity index is 580. The largest absolute Gasteiger partial charge is 0.495 e. The van der Waals surface area contributed by atoms with E-state index < -0.39 is 5.54 Å². The van der Waals surface area contributed by atoms with E-state index in [9.17, 15) is 4.79 Å². The first-order chi connectivity index (χ1) is 11.6. The number of nitrogens with two attached hydrogens (primary N) is 1. The molecule has 148 valence electrons. The molecular weight excluding hydrogens is 373 g/mol. The smallest absolute Gasteiger partial charge is 0.240 e. The Morgan fingerprint density at radius 2 is 1.96 bits per heavy atom. The molecule has 0 aromatic heterocycles. The lowest BCUT2D eigenvalue weighted by Crippen LogP contribution is -2.55. The summed E-state index contributed by atoms with van der Waals surface area (Å²) in [4.78, 5) is 14.8. The van der Waals surface area contributed by atoms with Crippen molar-refractivity contribution < 1.29 is 9.53 Å². The van der Waals surface area contributed by atoms with Gasteiger partial charge in [0.1, 0.15) is 5.75 Å². The Kier molecular flexibility index (Phi) is 9.01. The molecular formula is C19H31Cl2N3O2. The molecule has 5 nitrogen and oxygen atoms in total. The van der Waals surface area contributed by atoms with Gasteiger partial charge >= 0.3 is 0 Å². The Balaban J connectivity index is 0.00000169. The summed E-state index contributed by atoms with van der Waals surface area (Å²) in [5.41, 5.74) is 6.80. The van der Waals surface area contributed by atoms with Gasteiger partial charge in [-0.15, -0.1) is 24.8 Å². The number of hydrogen-bond donors (Lipinski definition) is 2. The Morgan fingerprint density at radius 3 is 2.65 bits per heavy atom. The van der Waals surface area contributed by atoms with Crippen LogP contribution in [0.25, 0.3) is 0 Å². The molecule has 1 aromatic rings. The van der Waals surface area contributed by atoms with Crippen LogP contribution in [0.4, 0.5) is 5.69 Å². The fourth-order valence-corrected chi connectivity index (χ4v) is 3.93. The average Bonchev–Trinajstić information content (AvgIpc) is 3.09. The summed E-state index contributed by atoms with van der Waals surface area (Å²) in [6, 6.07) is 8.11. The number of anilines is 1. The predicted molar refractivity (Wildman–Crippen MR) is 111 cm³/mol. The zero-order chi connectivity index (χ0) is 17.0. The van der Waals surface area contributed by atoms with Crippen molar-refractivity contribution in [1.82, 2.24) is 5.32 Å². The maximum atomic E-state index is 12.5. The van der Waals surface area contributed by atoms with Crippen molar-refractivity contribution in [3.05, 3.63) is 24.3 Å². The standard InChI is InChI=1S/C19H29N3O2.2ClH/c1-24-17-8-4-3-7-16(17)22-12-9-15(14-22)13-21-18(23)19(20)10-5-2-6-11-19;;/h3-4,7-8,15H,2,5-6,9-14,20H2,1H3,(H,21,23);2*1H. The van der Waals surface area contributed by atoms with E-state index in [4.69, 9.17) is 10.5 Å². The molecule has 1 aliphatic heterocycles. The van der Waals surface area contributed by atoms with E-state index in [0.29, 0.717) is 12.5 Å². The summed E-state index contributed by atoms with van der Waals surface area (Å²) in [7, 11) is 1.71. The van der Waals surface area contributed by atoms with Gasteiger partial charge in [0.2, 0.25) is 5.91 Å². The fourth-order valence-electron chi connectivity index (χ4n) is 3.93. The van der Waals surface area contributed by atoms with Crippen LogP contribution in [0.1, 0.15) is 38.5 Å². The molecule has 0 radical (unpaired) electrons. The number of para-hydroxylation sites is 2. The van der Waals surface area contributed by atoms with Crippen LogP contribution in [0.3, 0.4) is 0 Å². The van der Waals surface area contributed by atoms with Gasteiger partial charge in [0.15, 0.2) is 0 Å². The Labute approximate surface area is 168 Å². The number of methoxy groups -OCH3 is 1. The van der Waals surface area contributed by atoms with E-state index >= 15 is 0 Å². The highest BCUT2D eigenvalue weighted by atomic mass is 35.5. The van der Waals surface area contributed by atoms with Gasteiger partial charge in [-0.3, -0.25) is 4.79 Å². The summed E-state index contributed by atoms with van der Waals surface area (Å²) in [6.07, 6.45) is 6.04. The van der Waals surface area contributed by atoms with Crippen molar-refractivity contribution in [3.63, 3.8) is 0 Å². The summed E-state index contributed by atoms with van der Waals surface area (Å²) in [6.45, 7) is 2.65. The molecule has 1 aromatic carbocycles. The Morgan fingerprint density at radius 1 is 1.27 bits per heavy atom. The molecule has 1 aliphatic carbocycles. The van der Waals surface area contributed by atoms with Crippen LogP contribution in [-0.2, 0) is 4.79 Å². The summed E-state index contributed by atoms with van der Waals surface area (Å²) in [5.74, 6) is 1.41. The van der Waals surface area contributed by atoms with Gasteiger partial charge in [-0.1, -0.05) is 31.4 Å². The molecule has 7 heteroatoms. The number of nitrogens with zero attached hydrogens (tertiary/aromatic N) is 1. The fraction of sp³-hybridized carbons (Fsp3) is 0.632. The monoisotopic (exact) mass is 403 g/mol. The molecule has 3 rings (SSSR count). The molecule has 3 N–H and O–H groups in total. The van der Waals surface area contributed by atoms with Crippen molar-refractivity contribution >= 4 is 36.4 Å². The normalized spacial score (nSPS) is 21.3. The van der Waals surface area contributed by atoms with E-state index in [-0.39, 0.29) is 30.7 Å². The molecule has 1 saturated heterocycles. The third-order valence-electron chi connectivity index (χ3n) is 5.46. The molecule has 1 saturated carbocycles. The third-order valence-corrected chi connectivity index (χ3v) is 5.46. The average molecular weight is 404 g/mol. The maximum Gasteiger partial charge on any atom is 0.240 e. The quantitative estimate of drug-likeness (QED) is 0.791. The van der Waals surface area contributed by atoms with Gasteiger partial charge in [0.05, 0.1) is 18.3 Å². The number of hydrogen-bond acceptors (Lipinski definition) is 4. The second kappa shape index (κ2) is 10.2. The van der Waals surface area contributed by atoms with Crippen LogP contribution in [0.2, 0.25) is 0 Å². The molecule has 1 amide bonds. The van der Waals surface area contributed by atoms with E-state index in [1.165, 1.54) is 6.42 Å². The first-order valence-corrected chi connectivity index (χ1v) is 9.07. The van der Waals surface area contributed by atoms with E-state index in [0.717, 1.165) is 56.6 Å². The molecule has 0 spiro atoms. The number of amides is 1. The van der Waals surface area contributed by atoms with Crippen molar-refractivity contribution in [2.45, 2.75) is 44.1 Å². The number of carbonyl (C=O) groups excluding carboxylic acids is 1. The van der Waals surface area contributed by atoms with Crippen molar-refractivity contribution in [3.8, 4) is 5.75 Å². The first kappa shape index (κ1) is 22.9. The molecule has 1 heterocycles. The van der Waals surface area contributed by atoms with Crippen molar-refractivity contribution in [2.24, 2.45) is 11.7 Å². The van der Waals surface area contributed by atoms with Crippen LogP contribution in [-0.4, -0.2) is 38.2 Å². The lowest BCUT2D eigenvalue weighted by atomic mass is 9.82. The third kappa shape index (κ3) is 5.18. The van der Waals surface area contributed by atoms with Crippen LogP contribution < -0.4 is 20.7 Å². The van der Waals surface area contributed by atoms with Gasteiger partial charge in [-0.05, 0) is 37.3 Å². The molecule has 2 aliphatic rings. The Hall–Kier alpha value is -1.17. The van der Waals surface area contributed by atoms with Gasteiger partial charge in [-0.25, -0.2) is 0 Å². The number of ether oxygens (including phenoxy) is 1. The highest BCUT2D eigenvalue weighted by molar-refractivity contribution is 5.86. The van der Waals surface area contributed by atoms with Gasteiger partial charge in [-0.2, -0.15) is 0 Å². The zero-order valence-corrected chi connectivity index (χ0v) is 17.0. The van der Waals surface area contributed by atoms with E-state index in [2.05, 4.69) is 16.3 Å². The molecule has 1 atom stereocenters. The minimum Gasteiger partial charge on any atom is -0.495 e. The second-order valence-electron chi connectivity index (χ2n) is 7.20. The highest BCUT2D eigenvalue weighted by Gasteiger charge is 2.35. The summed E-state index contributed by atoms with van der Waals surface area (Å²) in [5, 5.41) is 3.11. The van der Waals surface area contributed by atoms with Gasteiger partial charge < -0.3 is 20.7 Å². The minimum absolute atomic E-state index is 0. The zero-order valence-electron chi connectivity index (χ0n) is 15.4. The number of carbonyl (C=O) groups is 1. The molecule has 2 fully saturated rings. The minimum atomic E-state index is -0.640. The lowest BCUT2D eigenvalue weighted by molar-refractivity contribution is -0.127. The summed E-state index contributed by atoms with van der Waals surface area (Å²) < 4.78 is 5.46. The molecule has 26 heavy (non-hydrogen) atoms. The predicted octanol–water partition coefficient (Wildman–Crippen LogP) is 3.14. The number of rotatable bonds is 5. The van der Waals surface area contributed by atoms with Crippen LogP contribution >= 0.6 is 24.8 Å². The first-order valence-electron chi connectivity index (χ1n) is 9.07. The van der Waals surface area contributed by atoms with Gasteiger partial charge in [0, 0.05) is 19.6 Å². The highest BCUT2D eigenvalue weighted by Crippen LogP contribution is 2.32. The van der Waals surface area contributed by atoms with E-state index in [1.807, 2.05) is 18.2 Å². The van der Waals surface area contributed by atoms with Crippen LogP contribution in [0.5, 0.6) is 5.75 Å². The molecule has 0 bridgehead atoms. The number of halogens is 2. The summed E-state index contributed by atoms with van der Waals surface area (Å²) >= 11 is 0. The van der Waals surface area contributed by atoms with Crippen LogP contribution in [0.15, 0.2) is 24.3 Å². The van der Waals surface area contributed by atoms with Crippen LogP contribution in [0, 0.1) is 5.92 Å². The van der Waals surface area contributed by atoms with Gasteiger partial charge in [0.25, 0.3) is 0 Å². The number of nitrogens with one attached hydrogen (secondary N) is 1. The number of benzene rings is 1. The van der Waals surface area contributed by atoms with Crippen molar-refractivity contribution in [2.75, 3.05) is 31.6 Å². The van der Waals surface area contributed by atoms with E-state index in [1.54, 1.807) is 7.11 Å². The lowest BCUT2D eigenvalue weighted by Gasteiger charge is -2.32.